The Labute approximate surface area is 161 Å². The third kappa shape index (κ3) is 6.16. The molecule has 0 aliphatic carbocycles. The molecule has 2 aromatic carbocycles. The van der Waals surface area contributed by atoms with E-state index >= 15 is 0 Å². The molecule has 1 amide bonds. The molecule has 0 radical (unpaired) electrons. The van der Waals surface area contributed by atoms with Gasteiger partial charge in [0.15, 0.2) is 0 Å². The van der Waals surface area contributed by atoms with E-state index in [1.165, 1.54) is 24.7 Å². The van der Waals surface area contributed by atoms with Crippen LogP contribution in [0.3, 0.4) is 0 Å². The fraction of sp³-hybridized carbons (Fsp3) is 0.350. The van der Waals surface area contributed by atoms with Crippen LogP contribution in [-0.4, -0.2) is 63.8 Å². The highest BCUT2D eigenvalue weighted by Crippen LogP contribution is 2.13. The summed E-state index contributed by atoms with van der Waals surface area (Å²) in [5.74, 6) is -0.322. The minimum absolute atomic E-state index is 0.118. The minimum atomic E-state index is -3.68. The van der Waals surface area contributed by atoms with Crippen molar-refractivity contribution in [2.24, 2.45) is 0 Å². The monoisotopic (exact) mass is 389 g/mol. The quantitative estimate of drug-likeness (QED) is 0.707. The first-order valence-electron chi connectivity index (χ1n) is 8.79. The molecule has 2 rings (SSSR count). The lowest BCUT2D eigenvalue weighted by Gasteiger charge is -2.25. The van der Waals surface area contributed by atoms with Gasteiger partial charge in [-0.25, -0.2) is 8.42 Å². The molecule has 0 aromatic heterocycles. The zero-order chi connectivity index (χ0) is 19.9. The van der Waals surface area contributed by atoms with Gasteiger partial charge in [0.1, 0.15) is 0 Å². The number of hydrogen-bond acceptors (Lipinski definition) is 4. The Morgan fingerprint density at radius 2 is 1.52 bits per heavy atom. The zero-order valence-corrected chi connectivity index (χ0v) is 16.8. The van der Waals surface area contributed by atoms with Crippen LogP contribution in [0.15, 0.2) is 65.6 Å². The van der Waals surface area contributed by atoms with Crippen LogP contribution in [0, 0.1) is 0 Å². The molecule has 1 N–H and O–H groups in total. The smallest absolute Gasteiger partial charge is 0.243 e. The van der Waals surface area contributed by atoms with Crippen molar-refractivity contribution in [1.82, 2.24) is 14.5 Å². The van der Waals surface area contributed by atoms with E-state index in [2.05, 4.69) is 22.3 Å². The maximum Gasteiger partial charge on any atom is 0.243 e. The van der Waals surface area contributed by atoms with Crippen molar-refractivity contribution < 1.29 is 13.2 Å². The summed E-state index contributed by atoms with van der Waals surface area (Å²) in [4.78, 5) is 14.5. The summed E-state index contributed by atoms with van der Waals surface area (Å²) in [5, 5.41) is 2.85. The summed E-state index contributed by atoms with van der Waals surface area (Å²) in [6.45, 7) is 0.225. The maximum atomic E-state index is 12.5. The molecule has 27 heavy (non-hydrogen) atoms. The lowest BCUT2D eigenvalue weighted by molar-refractivity contribution is -0.121. The van der Waals surface area contributed by atoms with E-state index in [4.69, 9.17) is 0 Å². The van der Waals surface area contributed by atoms with Crippen molar-refractivity contribution in [1.29, 1.82) is 0 Å². The first kappa shape index (κ1) is 21.1. The second-order valence-electron chi connectivity index (χ2n) is 6.69. The molecule has 0 saturated heterocycles. The Kier molecular flexibility index (Phi) is 7.53. The highest BCUT2D eigenvalue weighted by molar-refractivity contribution is 7.89. The highest BCUT2D eigenvalue weighted by Gasteiger charge is 2.23. The first-order valence-corrected chi connectivity index (χ1v) is 10.2. The molecule has 6 nitrogen and oxygen atoms in total. The Bertz CT molecular complexity index is 824. The van der Waals surface area contributed by atoms with Crippen LogP contribution in [0.1, 0.15) is 5.56 Å². The fourth-order valence-electron chi connectivity index (χ4n) is 2.67. The van der Waals surface area contributed by atoms with Crippen molar-refractivity contribution in [2.45, 2.75) is 17.4 Å². The van der Waals surface area contributed by atoms with Gasteiger partial charge < -0.3 is 10.2 Å². The van der Waals surface area contributed by atoms with Gasteiger partial charge in [-0.1, -0.05) is 48.5 Å². The van der Waals surface area contributed by atoms with E-state index in [1.54, 1.807) is 18.2 Å². The summed E-state index contributed by atoms with van der Waals surface area (Å²) in [6, 6.07) is 18.3. The van der Waals surface area contributed by atoms with Crippen molar-refractivity contribution >= 4 is 15.9 Å². The predicted octanol–water partition coefficient (Wildman–Crippen LogP) is 1.60. The number of carbonyl (C=O) groups excluding carboxylic acids is 1. The molecular formula is C20H27N3O3S. The molecule has 0 saturated carbocycles. The van der Waals surface area contributed by atoms with Crippen LogP contribution in [0.4, 0.5) is 0 Å². The van der Waals surface area contributed by atoms with E-state index in [0.29, 0.717) is 6.54 Å². The minimum Gasteiger partial charge on any atom is -0.353 e. The van der Waals surface area contributed by atoms with E-state index in [0.717, 1.165) is 10.7 Å². The molecule has 0 spiro atoms. The molecule has 7 heteroatoms. The van der Waals surface area contributed by atoms with Crippen LogP contribution in [0.25, 0.3) is 0 Å². The Morgan fingerprint density at radius 1 is 0.963 bits per heavy atom. The second-order valence-corrected chi connectivity index (χ2v) is 8.73. The summed E-state index contributed by atoms with van der Waals surface area (Å²) in [7, 11) is 1.66. The maximum absolute atomic E-state index is 12.5. The summed E-state index contributed by atoms with van der Waals surface area (Å²) >= 11 is 0. The van der Waals surface area contributed by atoms with Gasteiger partial charge in [0.2, 0.25) is 15.9 Å². The van der Waals surface area contributed by atoms with Gasteiger partial charge in [-0.2, -0.15) is 4.31 Å². The Balaban J connectivity index is 1.92. The third-order valence-corrected chi connectivity index (χ3v) is 6.21. The lowest BCUT2D eigenvalue weighted by Crippen LogP contribution is -2.45. The number of likely N-dealkylation sites (N-methyl/N-ethyl adjacent to an activating group) is 2. The standard InChI is InChI=1S/C20H27N3O3S/c1-22(2)18(14-17-10-6-4-7-11-17)15-21-20(24)16-23(3)27(25,26)19-12-8-5-9-13-19/h4-13,18H,14-16H2,1-3H3,(H,21,24). The molecule has 146 valence electrons. The summed E-state index contributed by atoms with van der Waals surface area (Å²) in [6.07, 6.45) is 0.798. The molecule has 0 fully saturated rings. The fourth-order valence-corrected chi connectivity index (χ4v) is 3.82. The van der Waals surface area contributed by atoms with E-state index in [1.807, 2.05) is 32.3 Å². The second kappa shape index (κ2) is 9.64. The van der Waals surface area contributed by atoms with Crippen LogP contribution in [0.2, 0.25) is 0 Å². The van der Waals surface area contributed by atoms with Crippen molar-refractivity contribution in [3.63, 3.8) is 0 Å². The van der Waals surface area contributed by atoms with Gasteiger partial charge in [-0.3, -0.25) is 4.79 Å². The molecule has 2 aromatic rings. The number of benzene rings is 2. The number of hydrogen-bond donors (Lipinski definition) is 1. The van der Waals surface area contributed by atoms with Crippen LogP contribution in [-0.2, 0) is 21.2 Å². The molecule has 1 atom stereocenters. The van der Waals surface area contributed by atoms with E-state index < -0.39 is 10.0 Å². The summed E-state index contributed by atoms with van der Waals surface area (Å²) in [5.41, 5.74) is 1.19. The molecule has 0 aliphatic heterocycles. The molecule has 0 heterocycles. The Hall–Kier alpha value is -2.22. The van der Waals surface area contributed by atoms with Gasteiger partial charge in [-0.05, 0) is 38.2 Å². The summed E-state index contributed by atoms with van der Waals surface area (Å²) < 4.78 is 26.1. The van der Waals surface area contributed by atoms with Crippen LogP contribution >= 0.6 is 0 Å². The average molecular weight is 390 g/mol. The van der Waals surface area contributed by atoms with Crippen molar-refractivity contribution in [2.75, 3.05) is 34.2 Å². The van der Waals surface area contributed by atoms with Gasteiger partial charge in [0.25, 0.3) is 0 Å². The van der Waals surface area contributed by atoms with Crippen molar-refractivity contribution in [3.8, 4) is 0 Å². The topological polar surface area (TPSA) is 69.7 Å². The normalized spacial score (nSPS) is 12.9. The third-order valence-electron chi connectivity index (χ3n) is 4.40. The Morgan fingerprint density at radius 3 is 2.07 bits per heavy atom. The molecular weight excluding hydrogens is 362 g/mol. The SMILES string of the molecule is CN(C)C(CNC(=O)CN(C)S(=O)(=O)c1ccccc1)Cc1ccccc1. The van der Waals surface area contributed by atoms with Gasteiger partial charge >= 0.3 is 0 Å². The van der Waals surface area contributed by atoms with Crippen molar-refractivity contribution in [3.05, 3.63) is 66.2 Å². The van der Waals surface area contributed by atoms with Crippen LogP contribution in [0.5, 0.6) is 0 Å². The van der Waals surface area contributed by atoms with Gasteiger partial charge in [-0.15, -0.1) is 0 Å². The van der Waals surface area contributed by atoms with E-state index in [9.17, 15) is 13.2 Å². The molecule has 0 bridgehead atoms. The van der Waals surface area contributed by atoms with Gasteiger partial charge in [0, 0.05) is 19.6 Å². The van der Waals surface area contributed by atoms with Crippen LogP contribution < -0.4 is 5.32 Å². The molecule has 1 unspecified atom stereocenters. The number of amides is 1. The van der Waals surface area contributed by atoms with E-state index in [-0.39, 0.29) is 23.4 Å². The molecule has 0 aliphatic rings. The first-order chi connectivity index (χ1) is 12.8. The number of sulfonamides is 1. The largest absolute Gasteiger partial charge is 0.353 e. The zero-order valence-electron chi connectivity index (χ0n) is 16.0. The lowest BCUT2D eigenvalue weighted by atomic mass is 10.1. The number of nitrogens with one attached hydrogen (secondary N) is 1. The highest BCUT2D eigenvalue weighted by atomic mass is 32.2. The number of carbonyl (C=O) groups is 1. The predicted molar refractivity (Wildman–Crippen MR) is 107 cm³/mol. The number of rotatable bonds is 9. The average Bonchev–Trinajstić information content (AvgIpc) is 2.66. The van der Waals surface area contributed by atoms with Gasteiger partial charge in [0.05, 0.1) is 11.4 Å². The number of nitrogens with zero attached hydrogens (tertiary/aromatic N) is 2.